The van der Waals surface area contributed by atoms with Gasteiger partial charge in [0.05, 0.1) is 12.5 Å². The van der Waals surface area contributed by atoms with Crippen molar-refractivity contribution in [3.8, 4) is 5.75 Å². The average Bonchev–Trinajstić information content (AvgIpc) is 2.44. The molecule has 1 amide bonds. The van der Waals surface area contributed by atoms with Gasteiger partial charge in [-0.1, -0.05) is 24.3 Å². The van der Waals surface area contributed by atoms with Crippen LogP contribution < -0.4 is 10.1 Å². The summed E-state index contributed by atoms with van der Waals surface area (Å²) in [7, 11) is 0. The summed E-state index contributed by atoms with van der Waals surface area (Å²) in [4.78, 5) is 23.2. The topological polar surface area (TPSA) is 75.6 Å². The Hall–Kier alpha value is -2.30. The normalized spacial score (nSPS) is 11.8. The van der Waals surface area contributed by atoms with E-state index in [2.05, 4.69) is 11.9 Å². The standard InChI is InChI=1S/C17H23NO4/c1-4-5-9-14(17(20)21)18-16(19)11-13-8-6-7-10-15(13)22-12(2)3/h4,6-8,10,12,14H,1,5,9,11H2,2-3H3,(H,18,19)(H,20,21). The molecule has 0 fully saturated rings. The number of nitrogens with one attached hydrogen (secondary N) is 1. The molecule has 22 heavy (non-hydrogen) atoms. The molecule has 1 aromatic carbocycles. The van der Waals surface area contributed by atoms with E-state index in [-0.39, 0.29) is 18.4 Å². The van der Waals surface area contributed by atoms with Crippen LogP contribution in [0.4, 0.5) is 0 Å². The Bertz CT molecular complexity index is 525. The number of hydrogen-bond acceptors (Lipinski definition) is 3. The molecule has 0 bridgehead atoms. The van der Waals surface area contributed by atoms with Gasteiger partial charge in [0.25, 0.3) is 0 Å². The second-order valence-corrected chi connectivity index (χ2v) is 5.28. The Morgan fingerprint density at radius 1 is 1.36 bits per heavy atom. The van der Waals surface area contributed by atoms with Crippen molar-refractivity contribution in [2.45, 2.75) is 45.3 Å². The Morgan fingerprint density at radius 2 is 2.05 bits per heavy atom. The van der Waals surface area contributed by atoms with Gasteiger partial charge in [0.2, 0.25) is 5.91 Å². The molecular weight excluding hydrogens is 282 g/mol. The monoisotopic (exact) mass is 305 g/mol. The lowest BCUT2D eigenvalue weighted by Crippen LogP contribution is -2.41. The van der Waals surface area contributed by atoms with E-state index in [4.69, 9.17) is 9.84 Å². The minimum atomic E-state index is -1.04. The van der Waals surface area contributed by atoms with Gasteiger partial charge < -0.3 is 15.2 Å². The molecule has 0 aliphatic heterocycles. The number of aliphatic carboxylic acids is 1. The fourth-order valence-electron chi connectivity index (χ4n) is 1.98. The number of para-hydroxylation sites is 1. The van der Waals surface area contributed by atoms with Crippen LogP contribution >= 0.6 is 0 Å². The number of carboxylic acid groups (broad SMARTS) is 1. The first-order valence-electron chi connectivity index (χ1n) is 7.31. The van der Waals surface area contributed by atoms with Crippen molar-refractivity contribution in [1.82, 2.24) is 5.32 Å². The van der Waals surface area contributed by atoms with Crippen molar-refractivity contribution in [3.63, 3.8) is 0 Å². The van der Waals surface area contributed by atoms with Crippen molar-refractivity contribution in [2.24, 2.45) is 0 Å². The summed E-state index contributed by atoms with van der Waals surface area (Å²) < 4.78 is 5.65. The highest BCUT2D eigenvalue weighted by Crippen LogP contribution is 2.20. The summed E-state index contributed by atoms with van der Waals surface area (Å²) in [5, 5.41) is 11.7. The summed E-state index contributed by atoms with van der Waals surface area (Å²) in [5.41, 5.74) is 0.738. The van der Waals surface area contributed by atoms with Gasteiger partial charge in [0.1, 0.15) is 11.8 Å². The van der Waals surface area contributed by atoms with Crippen molar-refractivity contribution in [1.29, 1.82) is 0 Å². The van der Waals surface area contributed by atoms with Crippen molar-refractivity contribution in [2.75, 3.05) is 0 Å². The molecule has 1 atom stereocenters. The third kappa shape index (κ3) is 5.99. The van der Waals surface area contributed by atoms with Crippen molar-refractivity contribution in [3.05, 3.63) is 42.5 Å². The number of hydrogen-bond donors (Lipinski definition) is 2. The Balaban J connectivity index is 2.71. The van der Waals surface area contributed by atoms with Crippen LogP contribution in [0.2, 0.25) is 0 Å². The number of carbonyl (C=O) groups is 2. The summed E-state index contributed by atoms with van der Waals surface area (Å²) in [6.07, 6.45) is 2.58. The highest BCUT2D eigenvalue weighted by atomic mass is 16.5. The number of ether oxygens (including phenoxy) is 1. The first-order chi connectivity index (χ1) is 10.4. The molecule has 0 radical (unpaired) electrons. The number of carbonyl (C=O) groups excluding carboxylic acids is 1. The first-order valence-corrected chi connectivity index (χ1v) is 7.31. The van der Waals surface area contributed by atoms with Crippen LogP contribution in [-0.2, 0) is 16.0 Å². The maximum absolute atomic E-state index is 12.1. The summed E-state index contributed by atoms with van der Waals surface area (Å²) in [6.45, 7) is 7.37. The van der Waals surface area contributed by atoms with Gasteiger partial charge in [-0.2, -0.15) is 0 Å². The summed E-state index contributed by atoms with van der Waals surface area (Å²) in [5.74, 6) is -0.733. The van der Waals surface area contributed by atoms with Gasteiger partial charge >= 0.3 is 5.97 Å². The molecule has 1 aromatic rings. The quantitative estimate of drug-likeness (QED) is 0.688. The molecule has 0 saturated carbocycles. The van der Waals surface area contributed by atoms with Gasteiger partial charge in [0, 0.05) is 5.56 Å². The van der Waals surface area contributed by atoms with Gasteiger partial charge in [0.15, 0.2) is 0 Å². The largest absolute Gasteiger partial charge is 0.491 e. The van der Waals surface area contributed by atoms with Crippen LogP contribution in [0, 0.1) is 0 Å². The third-order valence-electron chi connectivity index (χ3n) is 2.98. The predicted octanol–water partition coefficient (Wildman–Crippen LogP) is 2.55. The molecular formula is C17H23NO4. The molecule has 0 aromatic heterocycles. The molecule has 120 valence electrons. The zero-order valence-electron chi connectivity index (χ0n) is 13.0. The van der Waals surface area contributed by atoms with Crippen LogP contribution in [-0.4, -0.2) is 29.1 Å². The summed E-state index contributed by atoms with van der Waals surface area (Å²) in [6, 6.07) is 6.36. The molecule has 0 spiro atoms. The van der Waals surface area contributed by atoms with Crippen molar-refractivity contribution >= 4 is 11.9 Å². The molecule has 5 nitrogen and oxygen atoms in total. The van der Waals surface area contributed by atoms with E-state index in [9.17, 15) is 9.59 Å². The van der Waals surface area contributed by atoms with Gasteiger partial charge in [-0.25, -0.2) is 4.79 Å². The molecule has 1 unspecified atom stereocenters. The second-order valence-electron chi connectivity index (χ2n) is 5.28. The van der Waals surface area contributed by atoms with E-state index >= 15 is 0 Å². The fourth-order valence-corrected chi connectivity index (χ4v) is 1.98. The summed E-state index contributed by atoms with van der Waals surface area (Å²) >= 11 is 0. The SMILES string of the molecule is C=CCCC(NC(=O)Cc1ccccc1OC(C)C)C(=O)O. The van der Waals surface area contributed by atoms with Crippen LogP contribution in [0.5, 0.6) is 5.75 Å². The molecule has 0 aliphatic rings. The predicted molar refractivity (Wildman–Crippen MR) is 84.9 cm³/mol. The maximum atomic E-state index is 12.1. The Labute approximate surface area is 131 Å². The molecule has 0 aliphatic carbocycles. The maximum Gasteiger partial charge on any atom is 0.326 e. The van der Waals surface area contributed by atoms with E-state index in [1.165, 1.54) is 0 Å². The van der Waals surface area contributed by atoms with E-state index in [1.54, 1.807) is 18.2 Å². The number of benzene rings is 1. The zero-order valence-corrected chi connectivity index (χ0v) is 13.0. The highest BCUT2D eigenvalue weighted by molar-refractivity contribution is 5.85. The Kier molecular flexibility index (Phi) is 7.16. The third-order valence-corrected chi connectivity index (χ3v) is 2.98. The van der Waals surface area contributed by atoms with Gasteiger partial charge in [-0.05, 0) is 32.8 Å². The lowest BCUT2D eigenvalue weighted by molar-refractivity contribution is -0.141. The first kappa shape index (κ1) is 17.8. The van der Waals surface area contributed by atoms with Gasteiger partial charge in [-0.3, -0.25) is 4.79 Å². The molecule has 1 rings (SSSR count). The average molecular weight is 305 g/mol. The van der Waals surface area contributed by atoms with E-state index < -0.39 is 12.0 Å². The second kappa shape index (κ2) is 8.87. The molecule has 0 heterocycles. The molecule has 0 saturated heterocycles. The zero-order chi connectivity index (χ0) is 16.5. The van der Waals surface area contributed by atoms with E-state index in [0.29, 0.717) is 18.6 Å². The lowest BCUT2D eigenvalue weighted by Gasteiger charge is -2.16. The van der Waals surface area contributed by atoms with Crippen LogP contribution in [0.3, 0.4) is 0 Å². The number of allylic oxidation sites excluding steroid dienone is 1. The van der Waals surface area contributed by atoms with Gasteiger partial charge in [-0.15, -0.1) is 6.58 Å². The minimum Gasteiger partial charge on any atom is -0.491 e. The Morgan fingerprint density at radius 3 is 2.64 bits per heavy atom. The molecule has 5 heteroatoms. The lowest BCUT2D eigenvalue weighted by atomic mass is 10.1. The van der Waals surface area contributed by atoms with E-state index in [1.807, 2.05) is 26.0 Å². The number of rotatable bonds is 9. The highest BCUT2D eigenvalue weighted by Gasteiger charge is 2.19. The number of amides is 1. The number of carboxylic acids is 1. The van der Waals surface area contributed by atoms with Crippen LogP contribution in [0.1, 0.15) is 32.3 Å². The minimum absolute atomic E-state index is 0.00331. The van der Waals surface area contributed by atoms with Crippen LogP contribution in [0.25, 0.3) is 0 Å². The smallest absolute Gasteiger partial charge is 0.326 e. The fraction of sp³-hybridized carbons (Fsp3) is 0.412. The van der Waals surface area contributed by atoms with Crippen molar-refractivity contribution < 1.29 is 19.4 Å². The molecule has 2 N–H and O–H groups in total. The van der Waals surface area contributed by atoms with Crippen LogP contribution in [0.15, 0.2) is 36.9 Å². The van der Waals surface area contributed by atoms with E-state index in [0.717, 1.165) is 5.56 Å².